The molecule has 2 heterocycles. The van der Waals surface area contributed by atoms with Crippen molar-refractivity contribution in [1.29, 1.82) is 0 Å². The summed E-state index contributed by atoms with van der Waals surface area (Å²) in [6.07, 6.45) is 6.89. The van der Waals surface area contributed by atoms with E-state index in [-0.39, 0.29) is 17.9 Å². The van der Waals surface area contributed by atoms with Gasteiger partial charge in [0, 0.05) is 29.6 Å². The van der Waals surface area contributed by atoms with Crippen molar-refractivity contribution in [2.45, 2.75) is 44.6 Å². The number of carbonyl (C=O) groups excluding carboxylic acids is 1. The van der Waals surface area contributed by atoms with Crippen molar-refractivity contribution in [3.8, 4) is 0 Å². The lowest BCUT2D eigenvalue weighted by Gasteiger charge is -2.31. The second kappa shape index (κ2) is 7.61. The van der Waals surface area contributed by atoms with Gasteiger partial charge in [0.1, 0.15) is 0 Å². The van der Waals surface area contributed by atoms with Gasteiger partial charge in [-0.1, -0.05) is 43.5 Å². The van der Waals surface area contributed by atoms with Crippen LogP contribution >= 0.6 is 11.3 Å². The minimum absolute atomic E-state index is 0.226. The number of hydrogen-bond donors (Lipinski definition) is 1. The lowest BCUT2D eigenvalue weighted by Crippen LogP contribution is -2.40. The minimum Gasteiger partial charge on any atom is -0.361 e. The SMILES string of the molecule is O=C(NCC(c1cccs1)N1CCc2ccccc21)C1CCCCC1. The van der Waals surface area contributed by atoms with E-state index in [9.17, 15) is 4.79 Å². The highest BCUT2D eigenvalue weighted by Gasteiger charge is 2.29. The summed E-state index contributed by atoms with van der Waals surface area (Å²) >= 11 is 1.79. The summed E-state index contributed by atoms with van der Waals surface area (Å²) in [4.78, 5) is 16.4. The fourth-order valence-corrected chi connectivity index (χ4v) is 5.08. The zero-order valence-corrected chi connectivity index (χ0v) is 15.4. The highest BCUT2D eigenvalue weighted by atomic mass is 32.1. The summed E-state index contributed by atoms with van der Waals surface area (Å²) in [6, 6.07) is 13.2. The normalized spacial score (nSPS) is 18.8. The molecule has 1 amide bonds. The van der Waals surface area contributed by atoms with Gasteiger partial charge in [-0.05, 0) is 42.3 Å². The van der Waals surface area contributed by atoms with Crippen LogP contribution in [0.1, 0.15) is 48.6 Å². The van der Waals surface area contributed by atoms with E-state index in [1.54, 1.807) is 11.3 Å². The molecule has 132 valence electrons. The Hall–Kier alpha value is -1.81. The smallest absolute Gasteiger partial charge is 0.223 e. The Morgan fingerprint density at radius 1 is 1.16 bits per heavy atom. The molecule has 1 N–H and O–H groups in total. The maximum Gasteiger partial charge on any atom is 0.223 e. The van der Waals surface area contributed by atoms with Crippen molar-refractivity contribution < 1.29 is 4.79 Å². The number of nitrogens with zero attached hydrogens (tertiary/aromatic N) is 1. The van der Waals surface area contributed by atoms with Gasteiger partial charge >= 0.3 is 0 Å². The Balaban J connectivity index is 1.49. The molecule has 0 bridgehead atoms. The number of para-hydroxylation sites is 1. The molecule has 1 atom stereocenters. The Morgan fingerprint density at radius 2 is 2.00 bits per heavy atom. The van der Waals surface area contributed by atoms with Crippen LogP contribution in [0.2, 0.25) is 0 Å². The molecular formula is C21H26N2OS. The minimum atomic E-state index is 0.226. The van der Waals surface area contributed by atoms with Crippen molar-refractivity contribution in [1.82, 2.24) is 5.32 Å². The molecule has 1 aliphatic carbocycles. The third kappa shape index (κ3) is 3.59. The zero-order chi connectivity index (χ0) is 17.1. The summed E-state index contributed by atoms with van der Waals surface area (Å²) in [5.41, 5.74) is 2.75. The van der Waals surface area contributed by atoms with Crippen molar-refractivity contribution in [2.75, 3.05) is 18.0 Å². The predicted octanol–water partition coefficient (Wildman–Crippen LogP) is 4.55. The quantitative estimate of drug-likeness (QED) is 0.854. The van der Waals surface area contributed by atoms with Crippen LogP contribution in [0, 0.1) is 5.92 Å². The van der Waals surface area contributed by atoms with Crippen molar-refractivity contribution >= 4 is 22.9 Å². The van der Waals surface area contributed by atoms with Crippen molar-refractivity contribution in [3.05, 3.63) is 52.2 Å². The van der Waals surface area contributed by atoms with Crippen LogP contribution in [0.15, 0.2) is 41.8 Å². The first kappa shape index (κ1) is 16.6. The fraction of sp³-hybridized carbons (Fsp3) is 0.476. The number of benzene rings is 1. The zero-order valence-electron chi connectivity index (χ0n) is 14.6. The van der Waals surface area contributed by atoms with Gasteiger partial charge in [0.05, 0.1) is 6.04 Å². The average molecular weight is 355 g/mol. The van der Waals surface area contributed by atoms with Crippen LogP contribution in [-0.2, 0) is 11.2 Å². The van der Waals surface area contributed by atoms with Crippen LogP contribution in [0.3, 0.4) is 0 Å². The molecule has 0 radical (unpaired) electrons. The molecule has 1 unspecified atom stereocenters. The van der Waals surface area contributed by atoms with Gasteiger partial charge in [-0.3, -0.25) is 4.79 Å². The summed E-state index contributed by atoms with van der Waals surface area (Å²) in [5, 5.41) is 5.41. The maximum atomic E-state index is 12.6. The predicted molar refractivity (Wildman–Crippen MR) is 104 cm³/mol. The van der Waals surface area contributed by atoms with Crippen molar-refractivity contribution in [3.63, 3.8) is 0 Å². The third-order valence-electron chi connectivity index (χ3n) is 5.62. The molecule has 1 aromatic heterocycles. The van der Waals surface area contributed by atoms with Crippen molar-refractivity contribution in [2.24, 2.45) is 5.92 Å². The first-order valence-corrected chi connectivity index (χ1v) is 10.4. The summed E-state index contributed by atoms with van der Waals surface area (Å²) < 4.78 is 0. The standard InChI is InChI=1S/C21H26N2OS/c24-21(17-8-2-1-3-9-17)22-15-19(20-11-6-14-25-20)23-13-12-16-7-4-5-10-18(16)23/h4-7,10-11,14,17,19H,1-3,8-9,12-13,15H2,(H,22,24). The van der Waals surface area contributed by atoms with E-state index >= 15 is 0 Å². The Kier molecular flexibility index (Phi) is 5.07. The van der Waals surface area contributed by atoms with Gasteiger partial charge in [0.25, 0.3) is 0 Å². The van der Waals surface area contributed by atoms with Gasteiger partial charge in [-0.2, -0.15) is 0 Å². The van der Waals surface area contributed by atoms with Gasteiger partial charge in [-0.25, -0.2) is 0 Å². The van der Waals surface area contributed by atoms with E-state index in [1.807, 2.05) is 0 Å². The Labute approximate surface area is 154 Å². The van der Waals surface area contributed by atoms with Crippen LogP contribution in [-0.4, -0.2) is 19.0 Å². The second-order valence-electron chi connectivity index (χ2n) is 7.18. The number of carbonyl (C=O) groups is 1. The fourth-order valence-electron chi connectivity index (χ4n) is 4.24. The number of thiophene rings is 1. The maximum absolute atomic E-state index is 12.6. The highest BCUT2D eigenvalue weighted by Crippen LogP contribution is 2.36. The molecule has 25 heavy (non-hydrogen) atoms. The second-order valence-corrected chi connectivity index (χ2v) is 8.16. The first-order chi connectivity index (χ1) is 12.3. The number of anilines is 1. The monoisotopic (exact) mass is 354 g/mol. The number of hydrogen-bond acceptors (Lipinski definition) is 3. The van der Waals surface area contributed by atoms with Gasteiger partial charge in [0.2, 0.25) is 5.91 Å². The van der Waals surface area contributed by atoms with E-state index in [2.05, 4.69) is 52.0 Å². The summed E-state index contributed by atoms with van der Waals surface area (Å²) in [5.74, 6) is 0.484. The van der Waals surface area contributed by atoms with Gasteiger partial charge < -0.3 is 10.2 Å². The van der Waals surface area contributed by atoms with Gasteiger partial charge in [0.15, 0.2) is 0 Å². The van der Waals surface area contributed by atoms with Crippen LogP contribution < -0.4 is 10.2 Å². The average Bonchev–Trinajstić information content (AvgIpc) is 3.33. The number of rotatable bonds is 5. The van der Waals surface area contributed by atoms with E-state index < -0.39 is 0 Å². The molecule has 2 aromatic rings. The topological polar surface area (TPSA) is 32.3 Å². The first-order valence-electron chi connectivity index (χ1n) is 9.48. The Bertz CT molecular complexity index is 706. The molecular weight excluding hydrogens is 328 g/mol. The summed E-state index contributed by atoms with van der Waals surface area (Å²) in [6.45, 7) is 1.73. The van der Waals surface area contributed by atoms with E-state index in [0.717, 1.165) is 25.8 Å². The van der Waals surface area contributed by atoms with E-state index in [1.165, 1.54) is 35.4 Å². The molecule has 0 saturated heterocycles. The molecule has 4 rings (SSSR count). The number of amides is 1. The largest absolute Gasteiger partial charge is 0.361 e. The Morgan fingerprint density at radius 3 is 2.80 bits per heavy atom. The molecule has 1 aromatic carbocycles. The molecule has 1 saturated carbocycles. The van der Waals surface area contributed by atoms with Crippen LogP contribution in [0.25, 0.3) is 0 Å². The van der Waals surface area contributed by atoms with E-state index in [4.69, 9.17) is 0 Å². The molecule has 1 fully saturated rings. The molecule has 1 aliphatic heterocycles. The molecule has 3 nitrogen and oxygen atoms in total. The molecule has 2 aliphatic rings. The van der Waals surface area contributed by atoms with E-state index in [0.29, 0.717) is 6.54 Å². The van der Waals surface area contributed by atoms with Gasteiger partial charge in [-0.15, -0.1) is 11.3 Å². The summed E-state index contributed by atoms with van der Waals surface area (Å²) in [7, 11) is 0. The molecule has 4 heteroatoms. The van der Waals surface area contributed by atoms with Crippen LogP contribution in [0.5, 0.6) is 0 Å². The lowest BCUT2D eigenvalue weighted by molar-refractivity contribution is -0.125. The van der Waals surface area contributed by atoms with Crippen LogP contribution in [0.4, 0.5) is 5.69 Å². The third-order valence-corrected chi connectivity index (χ3v) is 6.59. The lowest BCUT2D eigenvalue weighted by atomic mass is 9.88. The number of nitrogens with one attached hydrogen (secondary N) is 1. The highest BCUT2D eigenvalue weighted by molar-refractivity contribution is 7.10. The molecule has 0 spiro atoms. The number of fused-ring (bicyclic) bond motifs is 1.